The Kier molecular flexibility index (Phi) is 7.69. The van der Waals surface area contributed by atoms with Crippen molar-refractivity contribution in [1.82, 2.24) is 0 Å². The smallest absolute Gasteiger partial charge is 0.335 e. The number of rotatable bonds is 8. The van der Waals surface area contributed by atoms with Crippen molar-refractivity contribution in [3.05, 3.63) is 36.1 Å². The van der Waals surface area contributed by atoms with Crippen LogP contribution in [-0.2, 0) is 35.1 Å². The van der Waals surface area contributed by atoms with E-state index in [9.17, 15) is 9.59 Å². The zero-order valence-corrected chi connectivity index (χ0v) is 16.6. The molecule has 1 aliphatic heterocycles. The molecule has 1 heterocycles. The molecule has 1 aromatic carbocycles. The number of carbonyl (C=O) groups is 2. The molecule has 8 nitrogen and oxygen atoms in total. The third kappa shape index (κ3) is 6.16. The van der Waals surface area contributed by atoms with E-state index in [4.69, 9.17) is 28.4 Å². The summed E-state index contributed by atoms with van der Waals surface area (Å²) >= 11 is 0. The minimum atomic E-state index is -0.887. The molecule has 1 aromatic rings. The van der Waals surface area contributed by atoms with E-state index in [1.165, 1.54) is 21.1 Å². The van der Waals surface area contributed by atoms with Gasteiger partial charge < -0.3 is 28.4 Å². The number of hydrogen-bond donors (Lipinski definition) is 0. The summed E-state index contributed by atoms with van der Waals surface area (Å²) in [6.07, 6.45) is -1.73. The van der Waals surface area contributed by atoms with Crippen LogP contribution in [0.4, 0.5) is 0 Å². The van der Waals surface area contributed by atoms with E-state index in [-0.39, 0.29) is 12.8 Å². The molecule has 0 amide bonds. The Balaban J connectivity index is 2.13. The Morgan fingerprint density at radius 3 is 2.54 bits per heavy atom. The quantitative estimate of drug-likeness (QED) is 0.491. The maximum Gasteiger partial charge on any atom is 0.335 e. The summed E-state index contributed by atoms with van der Waals surface area (Å²) in [5.74, 6) is 0.535. The summed E-state index contributed by atoms with van der Waals surface area (Å²) in [5, 5.41) is 0. The fourth-order valence-corrected chi connectivity index (χ4v) is 2.78. The highest BCUT2D eigenvalue weighted by atomic mass is 16.7. The number of methoxy groups -OCH3 is 2. The second-order valence-electron chi connectivity index (χ2n) is 6.37. The molecule has 0 saturated carbocycles. The number of allylic oxidation sites excluding steroid dienone is 1. The number of esters is 2. The summed E-state index contributed by atoms with van der Waals surface area (Å²) in [5.41, 5.74) is 0.877. The first kappa shape index (κ1) is 21.6. The Labute approximate surface area is 164 Å². The molecule has 2 rings (SSSR count). The number of hydrogen-bond acceptors (Lipinski definition) is 8. The van der Waals surface area contributed by atoms with Crippen LogP contribution in [0.3, 0.4) is 0 Å². The van der Waals surface area contributed by atoms with Crippen LogP contribution in [-0.4, -0.2) is 44.7 Å². The van der Waals surface area contributed by atoms with Crippen molar-refractivity contribution in [2.24, 2.45) is 0 Å². The molecular weight excluding hydrogens is 368 g/mol. The number of ether oxygens (including phenoxy) is 6. The number of carbonyl (C=O) groups excluding carboxylic acids is 2. The van der Waals surface area contributed by atoms with Gasteiger partial charge in [-0.05, 0) is 24.6 Å². The average molecular weight is 394 g/mol. The molecule has 154 valence electrons. The molecule has 0 N–H and O–H groups in total. The first-order valence-corrected chi connectivity index (χ1v) is 8.84. The molecule has 1 fully saturated rings. The van der Waals surface area contributed by atoms with Crippen molar-refractivity contribution in [3.63, 3.8) is 0 Å². The molecule has 0 aromatic heterocycles. The van der Waals surface area contributed by atoms with Crippen molar-refractivity contribution in [1.29, 1.82) is 0 Å². The molecule has 1 saturated heterocycles. The van der Waals surface area contributed by atoms with Crippen LogP contribution in [0.25, 0.3) is 0 Å². The Hall–Kier alpha value is -2.74. The summed E-state index contributed by atoms with van der Waals surface area (Å²) in [6, 6.07) is 5.33. The largest absolute Gasteiger partial charge is 0.494 e. The molecule has 28 heavy (non-hydrogen) atoms. The molecule has 3 atom stereocenters. The summed E-state index contributed by atoms with van der Waals surface area (Å²) < 4.78 is 32.4. The van der Waals surface area contributed by atoms with Gasteiger partial charge in [-0.25, -0.2) is 4.79 Å². The minimum absolute atomic E-state index is 0.209. The van der Waals surface area contributed by atoms with Gasteiger partial charge in [-0.3, -0.25) is 4.79 Å². The fourth-order valence-electron chi connectivity index (χ4n) is 2.78. The Bertz CT molecular complexity index is 714. The van der Waals surface area contributed by atoms with Crippen LogP contribution >= 0.6 is 0 Å². The van der Waals surface area contributed by atoms with Gasteiger partial charge >= 0.3 is 11.9 Å². The van der Waals surface area contributed by atoms with Crippen molar-refractivity contribution < 1.29 is 38.0 Å². The van der Waals surface area contributed by atoms with Crippen LogP contribution in [0.5, 0.6) is 11.5 Å². The van der Waals surface area contributed by atoms with Gasteiger partial charge in [0.15, 0.2) is 17.6 Å². The van der Waals surface area contributed by atoms with Crippen LogP contribution in [0.15, 0.2) is 30.5 Å². The third-order valence-electron chi connectivity index (χ3n) is 4.02. The second-order valence-corrected chi connectivity index (χ2v) is 6.37. The van der Waals surface area contributed by atoms with Gasteiger partial charge in [-0.1, -0.05) is 12.6 Å². The predicted octanol–water partition coefficient (Wildman–Crippen LogP) is 2.73. The molecular formula is C20H26O8. The molecule has 0 radical (unpaired) electrons. The van der Waals surface area contributed by atoms with Gasteiger partial charge in [0.25, 0.3) is 0 Å². The van der Waals surface area contributed by atoms with Crippen LogP contribution < -0.4 is 9.47 Å². The van der Waals surface area contributed by atoms with Gasteiger partial charge in [0.2, 0.25) is 6.29 Å². The van der Waals surface area contributed by atoms with Crippen molar-refractivity contribution >= 4 is 11.9 Å². The molecule has 8 heteroatoms. The SMILES string of the molecule is C=C(C)OCc1ccc(OC2CC(OC(C)=O)CC(C(=O)OC)O2)c(OC)c1. The molecule has 1 aliphatic rings. The van der Waals surface area contributed by atoms with Gasteiger partial charge in [-0.15, -0.1) is 0 Å². The van der Waals surface area contributed by atoms with E-state index < -0.39 is 30.4 Å². The average Bonchev–Trinajstić information content (AvgIpc) is 2.65. The van der Waals surface area contributed by atoms with Crippen molar-refractivity contribution in [2.75, 3.05) is 14.2 Å². The number of benzene rings is 1. The standard InChI is InChI=1S/C20H26O8/c1-12(2)25-11-14-6-7-16(17(8-14)23-4)27-19-10-15(26-13(3)21)9-18(28-19)20(22)24-5/h6-8,15,18-19H,1,9-11H2,2-5H3. The topological polar surface area (TPSA) is 89.5 Å². The highest BCUT2D eigenvalue weighted by molar-refractivity contribution is 5.74. The normalized spacial score (nSPS) is 21.4. The lowest BCUT2D eigenvalue weighted by Crippen LogP contribution is -2.44. The zero-order valence-electron chi connectivity index (χ0n) is 16.6. The van der Waals surface area contributed by atoms with E-state index in [0.717, 1.165) is 5.56 Å². The minimum Gasteiger partial charge on any atom is -0.494 e. The lowest BCUT2D eigenvalue weighted by Gasteiger charge is -2.33. The maximum absolute atomic E-state index is 11.9. The van der Waals surface area contributed by atoms with Gasteiger partial charge in [0.05, 0.1) is 20.0 Å². The van der Waals surface area contributed by atoms with Crippen LogP contribution in [0.2, 0.25) is 0 Å². The highest BCUT2D eigenvalue weighted by Crippen LogP contribution is 2.32. The summed E-state index contributed by atoms with van der Waals surface area (Å²) in [7, 11) is 2.79. The van der Waals surface area contributed by atoms with E-state index in [2.05, 4.69) is 6.58 Å². The second kappa shape index (κ2) is 9.98. The van der Waals surface area contributed by atoms with Gasteiger partial charge in [0.1, 0.15) is 12.7 Å². The fraction of sp³-hybridized carbons (Fsp3) is 0.500. The lowest BCUT2D eigenvalue weighted by atomic mass is 10.0. The molecule has 0 spiro atoms. The third-order valence-corrected chi connectivity index (χ3v) is 4.02. The predicted molar refractivity (Wildman–Crippen MR) is 98.7 cm³/mol. The first-order valence-electron chi connectivity index (χ1n) is 8.84. The monoisotopic (exact) mass is 394 g/mol. The van der Waals surface area contributed by atoms with E-state index in [1.807, 2.05) is 6.07 Å². The van der Waals surface area contributed by atoms with Crippen molar-refractivity contribution in [3.8, 4) is 11.5 Å². The Morgan fingerprint density at radius 2 is 1.93 bits per heavy atom. The van der Waals surface area contributed by atoms with Crippen LogP contribution in [0.1, 0.15) is 32.3 Å². The molecule has 0 bridgehead atoms. The van der Waals surface area contributed by atoms with Crippen LogP contribution in [0, 0.1) is 0 Å². The first-order chi connectivity index (χ1) is 13.3. The Morgan fingerprint density at radius 1 is 1.18 bits per heavy atom. The summed E-state index contributed by atoms with van der Waals surface area (Å²) in [6.45, 7) is 7.13. The van der Waals surface area contributed by atoms with E-state index in [1.54, 1.807) is 19.1 Å². The van der Waals surface area contributed by atoms with Gasteiger partial charge in [-0.2, -0.15) is 0 Å². The van der Waals surface area contributed by atoms with Gasteiger partial charge in [0, 0.05) is 19.8 Å². The molecule has 3 unspecified atom stereocenters. The maximum atomic E-state index is 11.9. The summed E-state index contributed by atoms with van der Waals surface area (Å²) in [4.78, 5) is 23.2. The molecule has 0 aliphatic carbocycles. The van der Waals surface area contributed by atoms with E-state index >= 15 is 0 Å². The van der Waals surface area contributed by atoms with Crippen molar-refractivity contribution in [2.45, 2.75) is 51.8 Å². The van der Waals surface area contributed by atoms with E-state index in [0.29, 0.717) is 23.9 Å². The highest BCUT2D eigenvalue weighted by Gasteiger charge is 2.37. The lowest BCUT2D eigenvalue weighted by molar-refractivity contribution is -0.204. The zero-order chi connectivity index (χ0) is 20.7.